The molecule has 2 heterocycles. The minimum atomic E-state index is -0.205. The molecule has 1 aliphatic carbocycles. The molecule has 1 aromatic heterocycles. The number of benzene rings is 2. The zero-order valence-electron chi connectivity index (χ0n) is 18.1. The number of rotatable bonds is 4. The van der Waals surface area contributed by atoms with Crippen molar-refractivity contribution in [2.75, 3.05) is 26.2 Å². The van der Waals surface area contributed by atoms with Crippen LogP contribution in [0.3, 0.4) is 0 Å². The molecule has 0 radical (unpaired) electrons. The number of aromatic nitrogens is 2. The summed E-state index contributed by atoms with van der Waals surface area (Å²) in [6.45, 7) is 2.33. The predicted octanol–water partition coefficient (Wildman–Crippen LogP) is 0.467. The van der Waals surface area contributed by atoms with Crippen molar-refractivity contribution < 1.29 is 9.59 Å². The maximum atomic E-state index is 13.3. The van der Waals surface area contributed by atoms with Gasteiger partial charge < -0.3 is 9.80 Å². The summed E-state index contributed by atoms with van der Waals surface area (Å²) in [5.74, 6) is 0.465. The molecule has 2 aliphatic rings. The summed E-state index contributed by atoms with van der Waals surface area (Å²) in [5, 5.41) is 8.27. The van der Waals surface area contributed by atoms with Gasteiger partial charge in [0.2, 0.25) is 5.91 Å². The Morgan fingerprint density at radius 2 is 1.69 bits per heavy atom. The number of fused-ring (bicyclic) bond motifs is 1. The predicted molar refractivity (Wildman–Crippen MR) is 125 cm³/mol. The lowest BCUT2D eigenvalue weighted by molar-refractivity contribution is -0.134. The largest absolute Gasteiger partial charge is 0.339 e. The van der Waals surface area contributed by atoms with Crippen LogP contribution < -0.4 is 11.0 Å². The number of carbonyl (C=O) groups excluding carboxylic acids is 2. The summed E-state index contributed by atoms with van der Waals surface area (Å²) in [4.78, 5) is 41.4. The average Bonchev–Trinajstić information content (AvgIpc) is 3.67. The van der Waals surface area contributed by atoms with E-state index in [0.29, 0.717) is 43.5 Å². The molecule has 1 saturated carbocycles. The number of nitrogens with one attached hydrogen (secondary N) is 1. The van der Waals surface area contributed by atoms with E-state index in [9.17, 15) is 14.4 Å². The molecular formula is C24H25BN4O3. The van der Waals surface area contributed by atoms with Gasteiger partial charge in [-0.25, -0.2) is 5.10 Å². The van der Waals surface area contributed by atoms with Crippen molar-refractivity contribution in [2.24, 2.45) is 5.92 Å². The number of piperazine rings is 1. The van der Waals surface area contributed by atoms with E-state index < -0.39 is 0 Å². The minimum absolute atomic E-state index is 0.00200. The molecule has 1 saturated heterocycles. The van der Waals surface area contributed by atoms with Gasteiger partial charge in [-0.15, -0.1) is 0 Å². The Morgan fingerprint density at radius 3 is 2.41 bits per heavy atom. The molecule has 0 spiro atoms. The molecule has 1 aliphatic heterocycles. The van der Waals surface area contributed by atoms with Gasteiger partial charge in [-0.3, -0.25) is 14.4 Å². The summed E-state index contributed by atoms with van der Waals surface area (Å²) >= 11 is 0. The molecule has 2 fully saturated rings. The molecule has 162 valence electrons. The third-order valence-corrected chi connectivity index (χ3v) is 6.48. The van der Waals surface area contributed by atoms with Gasteiger partial charge in [-0.2, -0.15) is 5.10 Å². The highest BCUT2D eigenvalue weighted by molar-refractivity contribution is 6.36. The summed E-state index contributed by atoms with van der Waals surface area (Å²) in [5.41, 5.74) is 3.14. The third kappa shape index (κ3) is 3.93. The number of carbonyl (C=O) groups is 2. The quantitative estimate of drug-likeness (QED) is 0.613. The Hall–Kier alpha value is -3.42. The highest BCUT2D eigenvalue weighted by atomic mass is 16.2. The van der Waals surface area contributed by atoms with Crippen molar-refractivity contribution in [3.8, 4) is 0 Å². The smallest absolute Gasteiger partial charge is 0.272 e. The van der Waals surface area contributed by atoms with E-state index in [2.05, 4.69) is 10.2 Å². The van der Waals surface area contributed by atoms with E-state index in [-0.39, 0.29) is 23.3 Å². The molecule has 3 aromatic rings. The Morgan fingerprint density at radius 1 is 1.00 bits per heavy atom. The first-order valence-corrected chi connectivity index (χ1v) is 11.1. The van der Waals surface area contributed by atoms with Crippen molar-refractivity contribution in [3.05, 3.63) is 69.6 Å². The molecule has 7 nitrogen and oxygen atoms in total. The summed E-state index contributed by atoms with van der Waals surface area (Å²) < 4.78 is 0. The maximum absolute atomic E-state index is 13.3. The average molecular weight is 428 g/mol. The van der Waals surface area contributed by atoms with E-state index in [1.54, 1.807) is 6.07 Å². The van der Waals surface area contributed by atoms with Crippen molar-refractivity contribution in [3.63, 3.8) is 0 Å². The molecule has 32 heavy (non-hydrogen) atoms. The summed E-state index contributed by atoms with van der Waals surface area (Å²) in [7, 11) is 1.94. The fourth-order valence-electron chi connectivity index (χ4n) is 4.40. The van der Waals surface area contributed by atoms with Gasteiger partial charge in [0, 0.05) is 49.5 Å². The van der Waals surface area contributed by atoms with Gasteiger partial charge >= 0.3 is 0 Å². The fraction of sp³-hybridized carbons (Fsp3) is 0.333. The van der Waals surface area contributed by atoms with Crippen LogP contribution in [0.5, 0.6) is 0 Å². The monoisotopic (exact) mass is 428 g/mol. The van der Waals surface area contributed by atoms with Gasteiger partial charge in [-0.05, 0) is 30.5 Å². The second kappa shape index (κ2) is 8.26. The lowest BCUT2D eigenvalue weighted by atomic mass is 9.87. The van der Waals surface area contributed by atoms with E-state index >= 15 is 0 Å². The number of hydrogen-bond donors (Lipinski definition) is 1. The van der Waals surface area contributed by atoms with E-state index in [1.165, 1.54) is 0 Å². The van der Waals surface area contributed by atoms with Crippen molar-refractivity contribution in [1.82, 2.24) is 20.0 Å². The van der Waals surface area contributed by atoms with Crippen LogP contribution in [0.1, 0.15) is 34.5 Å². The SMILES string of the molecule is Bc1ccc(Cc2n[nH]c(=O)c3ccccc23)cc1C(=O)N1CCN(C(=O)C2CC2)CC1. The maximum Gasteiger partial charge on any atom is 0.272 e. The molecule has 1 N–H and O–H groups in total. The van der Waals surface area contributed by atoms with Crippen LogP contribution in [0.4, 0.5) is 0 Å². The second-order valence-electron chi connectivity index (χ2n) is 8.76. The van der Waals surface area contributed by atoms with Crippen LogP contribution in [-0.4, -0.2) is 65.8 Å². The number of H-pyrrole nitrogens is 1. The van der Waals surface area contributed by atoms with Crippen molar-refractivity contribution in [1.29, 1.82) is 0 Å². The van der Waals surface area contributed by atoms with Gasteiger partial charge in [0.1, 0.15) is 7.85 Å². The van der Waals surface area contributed by atoms with Gasteiger partial charge in [0.25, 0.3) is 11.5 Å². The highest BCUT2D eigenvalue weighted by Crippen LogP contribution is 2.31. The van der Waals surface area contributed by atoms with E-state index in [1.807, 2.05) is 54.0 Å². The van der Waals surface area contributed by atoms with Crippen LogP contribution in [0.2, 0.25) is 0 Å². The number of amides is 2. The standard InChI is InChI=1S/C24H25BN4O3/c25-20-8-5-15(14-21-17-3-1-2-4-18(17)22(30)27-26-21)13-19(20)24(32)29-11-9-28(10-12-29)23(31)16-6-7-16/h1-5,8,13,16H,6-7,9-12,14,25H2,(H,27,30). The van der Waals surface area contributed by atoms with Crippen molar-refractivity contribution >= 4 is 35.9 Å². The number of hydrogen-bond acceptors (Lipinski definition) is 4. The third-order valence-electron chi connectivity index (χ3n) is 6.48. The Kier molecular flexibility index (Phi) is 5.29. The molecule has 0 atom stereocenters. The van der Waals surface area contributed by atoms with E-state index in [0.717, 1.165) is 34.9 Å². The first-order chi connectivity index (χ1) is 15.5. The highest BCUT2D eigenvalue weighted by Gasteiger charge is 2.35. The molecule has 8 heteroatoms. The molecule has 5 rings (SSSR count). The van der Waals surface area contributed by atoms with Crippen LogP contribution in [0.25, 0.3) is 10.8 Å². The summed E-state index contributed by atoms with van der Waals surface area (Å²) in [6.07, 6.45) is 2.52. The number of nitrogens with zero attached hydrogens (tertiary/aromatic N) is 3. The molecule has 0 bridgehead atoms. The number of aromatic amines is 1. The Balaban J connectivity index is 1.34. The first kappa shape index (κ1) is 20.5. The molecule has 2 amide bonds. The van der Waals surface area contributed by atoms with Gasteiger partial charge in [-0.1, -0.05) is 35.8 Å². The Bertz CT molecular complexity index is 1260. The first-order valence-electron chi connectivity index (χ1n) is 11.1. The van der Waals surface area contributed by atoms with Crippen LogP contribution in [-0.2, 0) is 11.2 Å². The van der Waals surface area contributed by atoms with Gasteiger partial charge in [0.05, 0.1) is 11.1 Å². The van der Waals surface area contributed by atoms with Crippen LogP contribution in [0, 0.1) is 5.92 Å². The molecule has 0 unspecified atom stereocenters. The topological polar surface area (TPSA) is 86.4 Å². The molecule has 2 aromatic carbocycles. The Labute approximate surface area is 186 Å². The normalized spacial score (nSPS) is 16.4. The van der Waals surface area contributed by atoms with Crippen LogP contribution in [0.15, 0.2) is 47.3 Å². The lowest BCUT2D eigenvalue weighted by Crippen LogP contribution is -2.51. The van der Waals surface area contributed by atoms with Crippen LogP contribution >= 0.6 is 0 Å². The minimum Gasteiger partial charge on any atom is -0.339 e. The fourth-order valence-corrected chi connectivity index (χ4v) is 4.40. The van der Waals surface area contributed by atoms with E-state index in [4.69, 9.17) is 0 Å². The lowest BCUT2D eigenvalue weighted by Gasteiger charge is -2.35. The zero-order valence-corrected chi connectivity index (χ0v) is 18.1. The molecular weight excluding hydrogens is 403 g/mol. The second-order valence-corrected chi connectivity index (χ2v) is 8.76. The summed E-state index contributed by atoms with van der Waals surface area (Å²) in [6, 6.07) is 13.3. The zero-order chi connectivity index (χ0) is 22.2. The van der Waals surface area contributed by atoms with Gasteiger partial charge in [0.15, 0.2) is 0 Å². The van der Waals surface area contributed by atoms with Crippen molar-refractivity contribution in [2.45, 2.75) is 19.3 Å².